The van der Waals surface area contributed by atoms with Crippen LogP contribution >= 0.6 is 0 Å². The summed E-state index contributed by atoms with van der Waals surface area (Å²) in [6.45, 7) is 2.52. The number of hydrogen-bond acceptors (Lipinski definition) is 2. The van der Waals surface area contributed by atoms with Gasteiger partial charge in [-0.1, -0.05) is 39.0 Å². The van der Waals surface area contributed by atoms with Crippen LogP contribution in [-0.4, -0.2) is 34.6 Å². The van der Waals surface area contributed by atoms with Crippen LogP contribution < -0.4 is 0 Å². The number of aliphatic carboxylic acids is 1. The molecule has 2 aliphatic rings. The molecule has 0 heterocycles. The van der Waals surface area contributed by atoms with Crippen LogP contribution in [0.2, 0.25) is 0 Å². The Hall–Kier alpha value is -0.570. The number of carbonyl (C=O) groups is 1. The molecule has 104 valence electrons. The molecule has 0 radical (unpaired) electrons. The minimum absolute atomic E-state index is 0.256. The zero-order valence-corrected chi connectivity index (χ0v) is 11.6. The normalized spacial score (nSPS) is 29.9. The lowest BCUT2D eigenvalue weighted by molar-refractivity contribution is -0.140. The Kier molecular flexibility index (Phi) is 5.04. The number of carboxylic acids is 1. The van der Waals surface area contributed by atoms with Gasteiger partial charge in [0.2, 0.25) is 0 Å². The second-order valence-electron chi connectivity index (χ2n) is 6.10. The zero-order chi connectivity index (χ0) is 13.0. The molecule has 2 rings (SSSR count). The third kappa shape index (κ3) is 3.47. The third-order valence-corrected chi connectivity index (χ3v) is 4.91. The summed E-state index contributed by atoms with van der Waals surface area (Å²) >= 11 is 0. The molecule has 3 nitrogen and oxygen atoms in total. The molecular weight excluding hydrogens is 226 g/mol. The first kappa shape index (κ1) is 13.9. The molecule has 0 amide bonds. The van der Waals surface area contributed by atoms with Gasteiger partial charge in [0.25, 0.3) is 0 Å². The van der Waals surface area contributed by atoms with Gasteiger partial charge < -0.3 is 5.11 Å². The van der Waals surface area contributed by atoms with Crippen LogP contribution in [0.5, 0.6) is 0 Å². The maximum Gasteiger partial charge on any atom is 0.317 e. The first-order valence-electron chi connectivity index (χ1n) is 7.68. The van der Waals surface area contributed by atoms with E-state index in [4.69, 9.17) is 5.11 Å². The molecule has 1 N–H and O–H groups in total. The first-order valence-corrected chi connectivity index (χ1v) is 7.68. The van der Waals surface area contributed by atoms with Crippen LogP contribution in [0.25, 0.3) is 0 Å². The Morgan fingerprint density at radius 2 is 1.78 bits per heavy atom. The highest BCUT2D eigenvalue weighted by Crippen LogP contribution is 2.34. The number of nitrogens with zero attached hydrogens (tertiary/aromatic N) is 1. The molecule has 0 aliphatic heterocycles. The van der Waals surface area contributed by atoms with Gasteiger partial charge in [-0.3, -0.25) is 9.69 Å². The second kappa shape index (κ2) is 6.55. The quantitative estimate of drug-likeness (QED) is 0.817. The maximum absolute atomic E-state index is 11.1. The van der Waals surface area contributed by atoms with E-state index in [9.17, 15) is 4.79 Å². The van der Waals surface area contributed by atoms with Crippen LogP contribution in [-0.2, 0) is 4.79 Å². The van der Waals surface area contributed by atoms with Crippen molar-refractivity contribution >= 4 is 5.97 Å². The van der Waals surface area contributed by atoms with Crippen molar-refractivity contribution in [2.45, 2.75) is 76.8 Å². The van der Waals surface area contributed by atoms with Gasteiger partial charge in [-0.05, 0) is 31.6 Å². The van der Waals surface area contributed by atoms with Crippen molar-refractivity contribution in [2.75, 3.05) is 6.54 Å². The fourth-order valence-corrected chi connectivity index (χ4v) is 3.88. The van der Waals surface area contributed by atoms with Crippen molar-refractivity contribution in [3.05, 3.63) is 0 Å². The van der Waals surface area contributed by atoms with Gasteiger partial charge in [-0.15, -0.1) is 0 Å². The highest BCUT2D eigenvalue weighted by atomic mass is 16.4. The fraction of sp³-hybridized carbons (Fsp3) is 0.933. The van der Waals surface area contributed by atoms with Crippen molar-refractivity contribution in [3.63, 3.8) is 0 Å². The van der Waals surface area contributed by atoms with Crippen LogP contribution in [0.4, 0.5) is 0 Å². The van der Waals surface area contributed by atoms with E-state index in [1.165, 1.54) is 57.8 Å². The lowest BCUT2D eigenvalue weighted by Gasteiger charge is -2.40. The highest BCUT2D eigenvalue weighted by Gasteiger charge is 2.32. The standard InChI is InChI=1S/C15H27NO2/c1-2-12-6-5-9-14(10-12)16(11-15(17)18)13-7-3-4-8-13/h12-14H,2-11H2,1H3,(H,17,18). The summed E-state index contributed by atoms with van der Waals surface area (Å²) in [4.78, 5) is 13.4. The Labute approximate surface area is 111 Å². The third-order valence-electron chi connectivity index (χ3n) is 4.91. The van der Waals surface area contributed by atoms with Gasteiger partial charge in [-0.2, -0.15) is 0 Å². The Balaban J connectivity index is 1.99. The van der Waals surface area contributed by atoms with Gasteiger partial charge in [0.1, 0.15) is 0 Å². The smallest absolute Gasteiger partial charge is 0.317 e. The average Bonchev–Trinajstić information content (AvgIpc) is 2.89. The lowest BCUT2D eigenvalue weighted by Crippen LogP contribution is -2.47. The number of rotatable bonds is 5. The van der Waals surface area contributed by atoms with Crippen molar-refractivity contribution < 1.29 is 9.90 Å². The molecule has 2 aliphatic carbocycles. The molecule has 0 bridgehead atoms. The molecule has 0 aromatic heterocycles. The molecule has 2 unspecified atom stereocenters. The molecule has 2 saturated carbocycles. The molecule has 18 heavy (non-hydrogen) atoms. The molecule has 0 aromatic carbocycles. The van der Waals surface area contributed by atoms with Gasteiger partial charge in [0.15, 0.2) is 0 Å². The van der Waals surface area contributed by atoms with E-state index in [1.807, 2.05) is 0 Å². The number of carboxylic acid groups (broad SMARTS) is 1. The highest BCUT2D eigenvalue weighted by molar-refractivity contribution is 5.69. The van der Waals surface area contributed by atoms with Gasteiger partial charge >= 0.3 is 5.97 Å². The van der Waals surface area contributed by atoms with Crippen molar-refractivity contribution in [3.8, 4) is 0 Å². The lowest BCUT2D eigenvalue weighted by atomic mass is 9.83. The van der Waals surface area contributed by atoms with E-state index in [2.05, 4.69) is 11.8 Å². The summed E-state index contributed by atoms with van der Waals surface area (Å²) < 4.78 is 0. The monoisotopic (exact) mass is 253 g/mol. The average molecular weight is 253 g/mol. The van der Waals surface area contributed by atoms with Crippen LogP contribution in [0.1, 0.15) is 64.7 Å². The molecule has 3 heteroatoms. The maximum atomic E-state index is 11.1. The zero-order valence-electron chi connectivity index (χ0n) is 11.6. The SMILES string of the molecule is CCC1CCCC(N(CC(=O)O)C2CCCC2)C1. The van der Waals surface area contributed by atoms with Crippen LogP contribution in [0, 0.1) is 5.92 Å². The second-order valence-corrected chi connectivity index (χ2v) is 6.10. The minimum atomic E-state index is -0.652. The molecule has 0 aromatic rings. The largest absolute Gasteiger partial charge is 0.480 e. The van der Waals surface area contributed by atoms with Gasteiger partial charge in [-0.25, -0.2) is 0 Å². The summed E-state index contributed by atoms with van der Waals surface area (Å²) in [5.74, 6) is 0.168. The van der Waals surface area contributed by atoms with Crippen molar-refractivity contribution in [2.24, 2.45) is 5.92 Å². The summed E-state index contributed by atoms with van der Waals surface area (Å²) in [6.07, 6.45) is 11.3. The van der Waals surface area contributed by atoms with Crippen LogP contribution in [0.15, 0.2) is 0 Å². The summed E-state index contributed by atoms with van der Waals surface area (Å²) in [5.41, 5.74) is 0. The van der Waals surface area contributed by atoms with Crippen LogP contribution in [0.3, 0.4) is 0 Å². The first-order chi connectivity index (χ1) is 8.70. The van der Waals surface area contributed by atoms with E-state index in [0.717, 1.165) is 5.92 Å². The van der Waals surface area contributed by atoms with E-state index < -0.39 is 5.97 Å². The van der Waals surface area contributed by atoms with E-state index >= 15 is 0 Å². The Morgan fingerprint density at radius 3 is 2.39 bits per heavy atom. The van der Waals surface area contributed by atoms with E-state index in [-0.39, 0.29) is 6.54 Å². The van der Waals surface area contributed by atoms with Crippen molar-refractivity contribution in [1.29, 1.82) is 0 Å². The fourth-order valence-electron chi connectivity index (χ4n) is 3.88. The predicted molar refractivity (Wildman–Crippen MR) is 72.6 cm³/mol. The molecule has 2 fully saturated rings. The topological polar surface area (TPSA) is 40.5 Å². The van der Waals surface area contributed by atoms with Gasteiger partial charge in [0.05, 0.1) is 6.54 Å². The van der Waals surface area contributed by atoms with Gasteiger partial charge in [0, 0.05) is 12.1 Å². The molecule has 2 atom stereocenters. The molecule has 0 saturated heterocycles. The van der Waals surface area contributed by atoms with E-state index in [0.29, 0.717) is 12.1 Å². The molecular formula is C15H27NO2. The Morgan fingerprint density at radius 1 is 1.11 bits per heavy atom. The van der Waals surface area contributed by atoms with Crippen molar-refractivity contribution in [1.82, 2.24) is 4.90 Å². The summed E-state index contributed by atoms with van der Waals surface area (Å²) in [6, 6.07) is 1.07. The summed E-state index contributed by atoms with van der Waals surface area (Å²) in [5, 5.41) is 9.16. The molecule has 0 spiro atoms. The predicted octanol–water partition coefficient (Wildman–Crippen LogP) is 3.28. The minimum Gasteiger partial charge on any atom is -0.480 e. The number of hydrogen-bond donors (Lipinski definition) is 1. The van der Waals surface area contributed by atoms with E-state index in [1.54, 1.807) is 0 Å². The Bertz CT molecular complexity index is 274. The summed E-state index contributed by atoms with van der Waals surface area (Å²) in [7, 11) is 0.